The topological polar surface area (TPSA) is 69.7 Å². The summed E-state index contributed by atoms with van der Waals surface area (Å²) in [7, 11) is -1.16. The summed E-state index contributed by atoms with van der Waals surface area (Å²) in [5.41, 5.74) is 2.23. The lowest BCUT2D eigenvalue weighted by Crippen LogP contribution is -2.43. The average molecular weight is 337 g/mol. The minimum absolute atomic E-state index is 0.0693. The first-order valence-corrected chi connectivity index (χ1v) is 9.79. The van der Waals surface area contributed by atoms with Crippen LogP contribution in [0.1, 0.15) is 28.8 Å². The quantitative estimate of drug-likeness (QED) is 0.887. The molecule has 1 fully saturated rings. The smallest absolute Gasteiger partial charge is 0.251 e. The normalized spacial score (nSPS) is 19.7. The molecule has 2 heterocycles. The van der Waals surface area contributed by atoms with Crippen LogP contribution < -0.4 is 9.62 Å². The maximum atomic E-state index is 12.4. The first-order chi connectivity index (χ1) is 10.8. The fraction of sp³-hybridized carbons (Fsp3) is 0.562. The van der Waals surface area contributed by atoms with E-state index in [9.17, 15) is 13.2 Å². The number of hydrogen-bond donors (Lipinski definition) is 1. The van der Waals surface area contributed by atoms with Crippen molar-refractivity contribution in [1.29, 1.82) is 0 Å². The maximum absolute atomic E-state index is 12.4. The van der Waals surface area contributed by atoms with Crippen LogP contribution in [0.2, 0.25) is 0 Å². The highest BCUT2D eigenvalue weighted by Gasteiger charge is 2.27. The molecular weight excluding hydrogens is 314 g/mol. The number of piperidine rings is 1. The zero-order valence-corrected chi connectivity index (χ0v) is 14.4. The Hall–Kier alpha value is -1.60. The molecule has 0 aliphatic carbocycles. The Morgan fingerprint density at radius 2 is 1.91 bits per heavy atom. The highest BCUT2D eigenvalue weighted by atomic mass is 32.2. The summed E-state index contributed by atoms with van der Waals surface area (Å²) < 4.78 is 24.9. The Kier molecular flexibility index (Phi) is 4.33. The van der Waals surface area contributed by atoms with E-state index in [2.05, 4.69) is 17.3 Å². The number of hydrogen-bond acceptors (Lipinski definition) is 4. The van der Waals surface area contributed by atoms with Crippen LogP contribution in [0.4, 0.5) is 5.69 Å². The van der Waals surface area contributed by atoms with E-state index in [1.807, 2.05) is 6.07 Å². The van der Waals surface area contributed by atoms with E-state index in [-0.39, 0.29) is 11.9 Å². The van der Waals surface area contributed by atoms with Crippen molar-refractivity contribution in [1.82, 2.24) is 10.2 Å². The van der Waals surface area contributed by atoms with Crippen molar-refractivity contribution in [2.75, 3.05) is 37.2 Å². The van der Waals surface area contributed by atoms with Crippen LogP contribution in [0.5, 0.6) is 0 Å². The van der Waals surface area contributed by atoms with Crippen LogP contribution in [-0.2, 0) is 16.4 Å². The molecule has 0 unspecified atom stereocenters. The van der Waals surface area contributed by atoms with Crippen molar-refractivity contribution < 1.29 is 13.2 Å². The lowest BCUT2D eigenvalue weighted by atomic mass is 10.0. The van der Waals surface area contributed by atoms with E-state index < -0.39 is 10.0 Å². The molecule has 0 saturated carbocycles. The predicted molar refractivity (Wildman–Crippen MR) is 90.3 cm³/mol. The van der Waals surface area contributed by atoms with Crippen molar-refractivity contribution in [3.63, 3.8) is 0 Å². The minimum atomic E-state index is -3.25. The summed E-state index contributed by atoms with van der Waals surface area (Å²) in [6, 6.07) is 5.50. The van der Waals surface area contributed by atoms with Crippen molar-refractivity contribution >= 4 is 21.6 Å². The lowest BCUT2D eigenvalue weighted by molar-refractivity contribution is 0.0917. The summed E-state index contributed by atoms with van der Waals surface area (Å²) >= 11 is 0. The number of carbonyl (C=O) groups is 1. The molecule has 0 bridgehead atoms. The van der Waals surface area contributed by atoms with Crippen molar-refractivity contribution in [2.24, 2.45) is 0 Å². The second kappa shape index (κ2) is 6.13. The van der Waals surface area contributed by atoms with Gasteiger partial charge in [-0.25, -0.2) is 8.42 Å². The maximum Gasteiger partial charge on any atom is 0.251 e. The van der Waals surface area contributed by atoms with E-state index in [1.54, 1.807) is 12.1 Å². The molecule has 1 aromatic carbocycles. The van der Waals surface area contributed by atoms with Crippen LogP contribution in [0.3, 0.4) is 0 Å². The van der Waals surface area contributed by atoms with Crippen molar-refractivity contribution in [3.05, 3.63) is 29.3 Å². The Balaban J connectivity index is 1.71. The van der Waals surface area contributed by atoms with Gasteiger partial charge < -0.3 is 10.2 Å². The molecule has 0 aromatic heterocycles. The Bertz CT molecular complexity index is 709. The van der Waals surface area contributed by atoms with Gasteiger partial charge in [-0.2, -0.15) is 0 Å². The fourth-order valence-electron chi connectivity index (χ4n) is 3.28. The third-order valence-electron chi connectivity index (χ3n) is 4.65. The number of fused-ring (bicyclic) bond motifs is 1. The average Bonchev–Trinajstić information content (AvgIpc) is 2.92. The van der Waals surface area contributed by atoms with E-state index >= 15 is 0 Å². The number of nitrogens with zero attached hydrogens (tertiary/aromatic N) is 2. The molecule has 3 rings (SSSR count). The second-order valence-corrected chi connectivity index (χ2v) is 8.39. The van der Waals surface area contributed by atoms with Gasteiger partial charge in [-0.1, -0.05) is 0 Å². The molecule has 1 N–H and O–H groups in total. The molecule has 7 heteroatoms. The lowest BCUT2D eigenvalue weighted by Gasteiger charge is -2.29. The van der Waals surface area contributed by atoms with Gasteiger partial charge in [0.2, 0.25) is 10.0 Å². The third kappa shape index (κ3) is 3.50. The molecule has 1 aromatic rings. The Morgan fingerprint density at radius 3 is 2.57 bits per heavy atom. The number of amides is 1. The van der Waals surface area contributed by atoms with Crippen LogP contribution in [0.15, 0.2) is 18.2 Å². The molecule has 2 aliphatic heterocycles. The van der Waals surface area contributed by atoms with Gasteiger partial charge >= 0.3 is 0 Å². The molecule has 0 atom stereocenters. The molecule has 2 aliphatic rings. The van der Waals surface area contributed by atoms with Gasteiger partial charge in [-0.15, -0.1) is 0 Å². The zero-order valence-electron chi connectivity index (χ0n) is 13.6. The molecular formula is C16H23N3O3S. The van der Waals surface area contributed by atoms with Crippen LogP contribution in [0, 0.1) is 0 Å². The van der Waals surface area contributed by atoms with Gasteiger partial charge in [-0.05, 0) is 63.2 Å². The molecule has 23 heavy (non-hydrogen) atoms. The van der Waals surface area contributed by atoms with Gasteiger partial charge in [0.25, 0.3) is 5.91 Å². The van der Waals surface area contributed by atoms with E-state index in [0.717, 1.165) is 31.5 Å². The fourth-order valence-corrected chi connectivity index (χ4v) is 4.24. The van der Waals surface area contributed by atoms with Crippen LogP contribution >= 0.6 is 0 Å². The zero-order chi connectivity index (χ0) is 16.6. The van der Waals surface area contributed by atoms with Crippen LogP contribution in [0.25, 0.3) is 0 Å². The number of rotatable bonds is 3. The highest BCUT2D eigenvalue weighted by Crippen LogP contribution is 2.30. The first-order valence-electron chi connectivity index (χ1n) is 7.94. The van der Waals surface area contributed by atoms with E-state index in [1.165, 1.54) is 10.6 Å². The standard InChI is InChI=1S/C16H23N3O3S/c1-18-8-6-14(7-9-18)17-16(20)13-3-4-15-12(11-13)5-10-19(15)23(2,21)22/h3-4,11,14H,5-10H2,1-2H3,(H,17,20). The number of anilines is 1. The third-order valence-corrected chi connectivity index (χ3v) is 5.83. The molecule has 1 saturated heterocycles. The Morgan fingerprint density at radius 1 is 1.22 bits per heavy atom. The van der Waals surface area contributed by atoms with E-state index in [0.29, 0.717) is 24.2 Å². The van der Waals surface area contributed by atoms with Crippen molar-refractivity contribution in [2.45, 2.75) is 25.3 Å². The number of sulfonamides is 1. The van der Waals surface area contributed by atoms with Gasteiger partial charge in [0.15, 0.2) is 0 Å². The largest absolute Gasteiger partial charge is 0.349 e. The molecule has 1 amide bonds. The number of likely N-dealkylation sites (tertiary alicyclic amines) is 1. The summed E-state index contributed by atoms with van der Waals surface area (Å²) in [4.78, 5) is 14.7. The van der Waals surface area contributed by atoms with Gasteiger partial charge in [0, 0.05) is 18.2 Å². The summed E-state index contributed by atoms with van der Waals surface area (Å²) in [6.45, 7) is 2.45. The van der Waals surface area contributed by atoms with Crippen molar-refractivity contribution in [3.8, 4) is 0 Å². The van der Waals surface area contributed by atoms with Gasteiger partial charge in [0.05, 0.1) is 11.9 Å². The monoisotopic (exact) mass is 337 g/mol. The SMILES string of the molecule is CN1CCC(NC(=O)c2ccc3c(c2)CCN3S(C)(=O)=O)CC1. The highest BCUT2D eigenvalue weighted by molar-refractivity contribution is 7.92. The number of nitrogens with one attached hydrogen (secondary N) is 1. The summed E-state index contributed by atoms with van der Waals surface area (Å²) in [5.74, 6) is -0.0693. The summed E-state index contributed by atoms with van der Waals surface area (Å²) in [5, 5.41) is 3.09. The van der Waals surface area contributed by atoms with Gasteiger partial charge in [-0.3, -0.25) is 9.10 Å². The van der Waals surface area contributed by atoms with E-state index in [4.69, 9.17) is 0 Å². The molecule has 0 radical (unpaired) electrons. The number of benzene rings is 1. The Labute approximate surface area is 137 Å². The molecule has 6 nitrogen and oxygen atoms in total. The van der Waals surface area contributed by atoms with Crippen LogP contribution in [-0.4, -0.2) is 58.2 Å². The first kappa shape index (κ1) is 16.3. The molecule has 0 spiro atoms. The number of carbonyl (C=O) groups excluding carboxylic acids is 1. The molecule has 126 valence electrons. The predicted octanol–water partition coefficient (Wildman–Crippen LogP) is 0.833. The second-order valence-electron chi connectivity index (χ2n) is 6.48. The summed E-state index contributed by atoms with van der Waals surface area (Å²) in [6.07, 6.45) is 3.80. The minimum Gasteiger partial charge on any atom is -0.349 e. The van der Waals surface area contributed by atoms with Gasteiger partial charge in [0.1, 0.15) is 0 Å².